The van der Waals surface area contributed by atoms with Gasteiger partial charge in [-0.05, 0) is 55.6 Å². The average molecular weight is 367 g/mol. The molecule has 8 heteroatoms. The predicted octanol–water partition coefficient (Wildman–Crippen LogP) is 1.76. The SMILES string of the molecule is Cc1nonc1OCCNC(=O)c1ccccc1CC1CCNC1.Cl. The number of hydrogen-bond acceptors (Lipinski definition) is 6. The Balaban J connectivity index is 0.00000225. The molecule has 3 rings (SSSR count). The molecule has 1 aliphatic heterocycles. The number of carbonyl (C=O) groups is 1. The van der Waals surface area contributed by atoms with Gasteiger partial charge in [0.05, 0.1) is 6.54 Å². The second-order valence-corrected chi connectivity index (χ2v) is 5.98. The number of rotatable bonds is 7. The first-order valence-electron chi connectivity index (χ1n) is 8.23. The lowest BCUT2D eigenvalue weighted by Crippen LogP contribution is -2.29. The first-order valence-corrected chi connectivity index (χ1v) is 8.23. The number of aromatic nitrogens is 2. The van der Waals surface area contributed by atoms with Crippen LogP contribution in [0.5, 0.6) is 5.88 Å². The van der Waals surface area contributed by atoms with Crippen LogP contribution in [0.2, 0.25) is 0 Å². The van der Waals surface area contributed by atoms with E-state index >= 15 is 0 Å². The minimum absolute atomic E-state index is 0. The number of ether oxygens (including phenoxy) is 1. The predicted molar refractivity (Wildman–Crippen MR) is 95.2 cm³/mol. The summed E-state index contributed by atoms with van der Waals surface area (Å²) in [7, 11) is 0. The highest BCUT2D eigenvalue weighted by molar-refractivity contribution is 5.95. The molecule has 0 spiro atoms. The zero-order valence-corrected chi connectivity index (χ0v) is 15.0. The van der Waals surface area contributed by atoms with Gasteiger partial charge in [0.2, 0.25) is 0 Å². The van der Waals surface area contributed by atoms with Crippen LogP contribution in [0.25, 0.3) is 0 Å². The van der Waals surface area contributed by atoms with E-state index in [1.54, 1.807) is 6.92 Å². The van der Waals surface area contributed by atoms with E-state index in [4.69, 9.17) is 4.74 Å². The Hall–Kier alpha value is -2.12. The highest BCUT2D eigenvalue weighted by Crippen LogP contribution is 2.18. The van der Waals surface area contributed by atoms with Crippen LogP contribution < -0.4 is 15.4 Å². The third-order valence-corrected chi connectivity index (χ3v) is 4.17. The van der Waals surface area contributed by atoms with Gasteiger partial charge in [0.15, 0.2) is 0 Å². The number of aryl methyl sites for hydroxylation is 1. The molecule has 1 amide bonds. The standard InChI is InChI=1S/C17H22N4O3.ClH/c1-12-17(21-24-20-12)23-9-8-19-16(22)15-5-3-2-4-14(15)10-13-6-7-18-11-13;/h2-5,13,18H,6-11H2,1H3,(H,19,22);1H. The number of nitrogens with one attached hydrogen (secondary N) is 2. The first kappa shape index (κ1) is 19.2. The monoisotopic (exact) mass is 366 g/mol. The van der Waals surface area contributed by atoms with Crippen molar-refractivity contribution in [1.82, 2.24) is 20.9 Å². The molecule has 0 aliphatic carbocycles. The maximum Gasteiger partial charge on any atom is 0.278 e. The second-order valence-electron chi connectivity index (χ2n) is 5.98. The number of nitrogens with zero attached hydrogens (tertiary/aromatic N) is 2. The average Bonchev–Trinajstić information content (AvgIpc) is 3.24. The van der Waals surface area contributed by atoms with Crippen LogP contribution in [0.3, 0.4) is 0 Å². The van der Waals surface area contributed by atoms with Gasteiger partial charge in [0.25, 0.3) is 11.8 Å². The molecular formula is C17H23ClN4O3. The third-order valence-electron chi connectivity index (χ3n) is 4.17. The van der Waals surface area contributed by atoms with Crippen LogP contribution >= 0.6 is 12.4 Å². The Bertz CT molecular complexity index is 686. The minimum atomic E-state index is -0.0739. The molecule has 1 aliphatic rings. The van der Waals surface area contributed by atoms with E-state index in [9.17, 15) is 4.79 Å². The maximum absolute atomic E-state index is 12.4. The van der Waals surface area contributed by atoms with Gasteiger partial charge in [-0.15, -0.1) is 12.4 Å². The Morgan fingerprint density at radius 1 is 1.40 bits per heavy atom. The van der Waals surface area contributed by atoms with Gasteiger partial charge in [0, 0.05) is 5.56 Å². The van der Waals surface area contributed by atoms with E-state index in [2.05, 4.69) is 25.6 Å². The summed E-state index contributed by atoms with van der Waals surface area (Å²) in [5.74, 6) is 0.887. The molecule has 1 aromatic heterocycles. The molecule has 1 saturated heterocycles. The smallest absolute Gasteiger partial charge is 0.278 e. The Labute approximate surface area is 152 Å². The van der Waals surface area contributed by atoms with Crippen LogP contribution in [-0.2, 0) is 6.42 Å². The topological polar surface area (TPSA) is 89.3 Å². The molecule has 2 heterocycles. The second kappa shape index (κ2) is 9.39. The van der Waals surface area contributed by atoms with Crippen molar-refractivity contribution in [1.29, 1.82) is 0 Å². The van der Waals surface area contributed by atoms with E-state index in [1.807, 2.05) is 24.3 Å². The zero-order chi connectivity index (χ0) is 16.8. The number of halogens is 1. The van der Waals surface area contributed by atoms with Crippen molar-refractivity contribution in [3.8, 4) is 5.88 Å². The molecule has 0 saturated carbocycles. The van der Waals surface area contributed by atoms with E-state index in [1.165, 1.54) is 0 Å². The Morgan fingerprint density at radius 3 is 2.96 bits per heavy atom. The van der Waals surface area contributed by atoms with E-state index in [0.717, 1.165) is 37.1 Å². The molecule has 2 aromatic rings. The van der Waals surface area contributed by atoms with Crippen molar-refractivity contribution < 1.29 is 14.2 Å². The van der Waals surface area contributed by atoms with Crippen LogP contribution in [0.4, 0.5) is 0 Å². The molecule has 0 bridgehead atoms. The summed E-state index contributed by atoms with van der Waals surface area (Å²) in [6, 6.07) is 7.79. The molecular weight excluding hydrogens is 344 g/mol. The van der Waals surface area contributed by atoms with Gasteiger partial charge in [-0.3, -0.25) is 4.79 Å². The van der Waals surface area contributed by atoms with Crippen molar-refractivity contribution in [2.24, 2.45) is 5.92 Å². The van der Waals surface area contributed by atoms with E-state index in [-0.39, 0.29) is 18.3 Å². The number of benzene rings is 1. The molecule has 1 aromatic carbocycles. The fourth-order valence-corrected chi connectivity index (χ4v) is 2.88. The highest BCUT2D eigenvalue weighted by atomic mass is 35.5. The molecule has 1 fully saturated rings. The largest absolute Gasteiger partial charge is 0.472 e. The van der Waals surface area contributed by atoms with Gasteiger partial charge in [-0.25, -0.2) is 4.63 Å². The van der Waals surface area contributed by atoms with Crippen molar-refractivity contribution in [2.75, 3.05) is 26.2 Å². The van der Waals surface area contributed by atoms with Crippen LogP contribution in [0.15, 0.2) is 28.9 Å². The van der Waals surface area contributed by atoms with Crippen molar-refractivity contribution in [3.63, 3.8) is 0 Å². The lowest BCUT2D eigenvalue weighted by atomic mass is 9.94. The number of carbonyl (C=O) groups excluding carboxylic acids is 1. The first-order chi connectivity index (χ1) is 11.7. The fourth-order valence-electron chi connectivity index (χ4n) is 2.88. The van der Waals surface area contributed by atoms with Gasteiger partial charge >= 0.3 is 0 Å². The number of hydrogen-bond donors (Lipinski definition) is 2. The van der Waals surface area contributed by atoms with Gasteiger partial charge in [-0.1, -0.05) is 23.4 Å². The van der Waals surface area contributed by atoms with E-state index in [0.29, 0.717) is 30.6 Å². The van der Waals surface area contributed by atoms with Gasteiger partial charge in [0.1, 0.15) is 12.3 Å². The van der Waals surface area contributed by atoms with Gasteiger partial charge < -0.3 is 15.4 Å². The van der Waals surface area contributed by atoms with Crippen molar-refractivity contribution in [2.45, 2.75) is 19.8 Å². The van der Waals surface area contributed by atoms with Crippen molar-refractivity contribution >= 4 is 18.3 Å². The summed E-state index contributed by atoms with van der Waals surface area (Å²) in [5.41, 5.74) is 2.43. The summed E-state index contributed by atoms with van der Waals surface area (Å²) >= 11 is 0. The summed E-state index contributed by atoms with van der Waals surface area (Å²) in [5, 5.41) is 13.5. The van der Waals surface area contributed by atoms with Crippen LogP contribution in [0.1, 0.15) is 28.0 Å². The van der Waals surface area contributed by atoms with Crippen LogP contribution in [-0.4, -0.2) is 42.5 Å². The minimum Gasteiger partial charge on any atom is -0.472 e. The summed E-state index contributed by atoms with van der Waals surface area (Å²) in [6.07, 6.45) is 2.09. The quantitative estimate of drug-likeness (QED) is 0.726. The fraction of sp³-hybridized carbons (Fsp3) is 0.471. The highest BCUT2D eigenvalue weighted by Gasteiger charge is 2.18. The molecule has 136 valence electrons. The third kappa shape index (κ3) is 5.17. The Kier molecular flexibility index (Phi) is 7.21. The molecule has 0 radical (unpaired) electrons. The van der Waals surface area contributed by atoms with Gasteiger partial charge in [-0.2, -0.15) is 0 Å². The lowest BCUT2D eigenvalue weighted by molar-refractivity contribution is 0.0945. The molecule has 2 N–H and O–H groups in total. The summed E-state index contributed by atoms with van der Waals surface area (Å²) in [6.45, 7) is 4.54. The van der Waals surface area contributed by atoms with Crippen molar-refractivity contribution in [3.05, 3.63) is 41.1 Å². The number of amides is 1. The maximum atomic E-state index is 12.4. The lowest BCUT2D eigenvalue weighted by Gasteiger charge is -2.13. The van der Waals surface area contributed by atoms with E-state index < -0.39 is 0 Å². The summed E-state index contributed by atoms with van der Waals surface area (Å²) < 4.78 is 9.96. The molecule has 1 atom stereocenters. The Morgan fingerprint density at radius 2 is 2.24 bits per heavy atom. The normalized spacial score (nSPS) is 16.3. The molecule has 1 unspecified atom stereocenters. The molecule has 7 nitrogen and oxygen atoms in total. The van der Waals surface area contributed by atoms with Crippen LogP contribution in [0, 0.1) is 12.8 Å². The molecule has 25 heavy (non-hydrogen) atoms. The zero-order valence-electron chi connectivity index (χ0n) is 14.2. The summed E-state index contributed by atoms with van der Waals surface area (Å²) in [4.78, 5) is 12.4.